The molecule has 4 aromatic rings. The highest BCUT2D eigenvalue weighted by molar-refractivity contribution is 5.74. The van der Waals surface area contributed by atoms with Gasteiger partial charge >= 0.3 is 5.69 Å². The summed E-state index contributed by atoms with van der Waals surface area (Å²) in [4.78, 5) is 31.9. The molecule has 0 spiro atoms. The normalized spacial score (nSPS) is 14.1. The van der Waals surface area contributed by atoms with E-state index in [-0.39, 0.29) is 12.1 Å². The number of aromatic nitrogens is 4. The van der Waals surface area contributed by atoms with Crippen LogP contribution in [0.25, 0.3) is 11.2 Å². The van der Waals surface area contributed by atoms with E-state index in [1.165, 1.54) is 28.4 Å². The maximum absolute atomic E-state index is 13.9. The van der Waals surface area contributed by atoms with Crippen LogP contribution in [0.4, 0.5) is 5.95 Å². The topological polar surface area (TPSA) is 92.3 Å². The highest BCUT2D eigenvalue weighted by atomic mass is 16.5. The molecule has 1 N–H and O–H groups in total. The smallest absolute Gasteiger partial charge is 0.332 e. The number of rotatable bonds is 8. The van der Waals surface area contributed by atoms with E-state index in [0.29, 0.717) is 29.7 Å². The summed E-state index contributed by atoms with van der Waals surface area (Å²) < 4.78 is 15.2. The van der Waals surface area contributed by atoms with Crippen molar-refractivity contribution in [2.75, 3.05) is 19.5 Å². The van der Waals surface area contributed by atoms with Gasteiger partial charge in [0.1, 0.15) is 11.5 Å². The van der Waals surface area contributed by atoms with E-state index in [2.05, 4.69) is 5.32 Å². The van der Waals surface area contributed by atoms with Gasteiger partial charge in [0.2, 0.25) is 5.95 Å². The van der Waals surface area contributed by atoms with Crippen molar-refractivity contribution in [3.8, 4) is 11.5 Å². The predicted octanol–water partition coefficient (Wildman–Crippen LogP) is 3.76. The highest BCUT2D eigenvalue weighted by Crippen LogP contribution is 2.25. The number of hydrogen-bond acceptors (Lipinski definition) is 6. The summed E-state index contributed by atoms with van der Waals surface area (Å²) in [5.74, 6) is 2.10. The van der Waals surface area contributed by atoms with Gasteiger partial charge in [0.15, 0.2) is 11.2 Å². The highest BCUT2D eigenvalue weighted by Gasteiger charge is 2.23. The van der Waals surface area contributed by atoms with Crippen LogP contribution < -0.4 is 26.0 Å². The first-order valence-electron chi connectivity index (χ1n) is 12.7. The molecule has 9 heteroatoms. The zero-order valence-corrected chi connectivity index (χ0v) is 21.6. The van der Waals surface area contributed by atoms with E-state index in [4.69, 9.17) is 14.5 Å². The third-order valence-electron chi connectivity index (χ3n) is 7.17. The fraction of sp³-hybridized carbons (Fsp3) is 0.393. The minimum Gasteiger partial charge on any atom is -0.497 e. The second-order valence-electron chi connectivity index (χ2n) is 9.60. The Hall–Kier alpha value is -4.01. The van der Waals surface area contributed by atoms with Gasteiger partial charge in [-0.3, -0.25) is 18.5 Å². The summed E-state index contributed by atoms with van der Waals surface area (Å²) in [5, 5.41) is 3.59. The van der Waals surface area contributed by atoms with Gasteiger partial charge in [0.05, 0.1) is 27.3 Å². The molecule has 0 amide bonds. The number of hydrogen-bond donors (Lipinski definition) is 1. The van der Waals surface area contributed by atoms with Crippen molar-refractivity contribution in [1.29, 1.82) is 0 Å². The second-order valence-corrected chi connectivity index (χ2v) is 9.60. The average Bonchev–Trinajstić information content (AvgIpc) is 3.29. The zero-order chi connectivity index (χ0) is 25.9. The first-order valence-corrected chi connectivity index (χ1v) is 12.7. The lowest BCUT2D eigenvalue weighted by Gasteiger charge is -2.23. The Bertz CT molecular complexity index is 1490. The van der Waals surface area contributed by atoms with Crippen LogP contribution in [0.2, 0.25) is 0 Å². The monoisotopic (exact) mass is 503 g/mol. The number of imidazole rings is 1. The molecule has 0 radical (unpaired) electrons. The summed E-state index contributed by atoms with van der Waals surface area (Å²) in [6, 6.07) is 15.4. The lowest BCUT2D eigenvalue weighted by atomic mass is 9.96. The molecule has 0 aliphatic heterocycles. The number of ether oxygens (including phenoxy) is 2. The number of fused-ring (bicyclic) bond motifs is 1. The van der Waals surface area contributed by atoms with Crippen LogP contribution in [-0.2, 0) is 20.1 Å². The van der Waals surface area contributed by atoms with Gasteiger partial charge in [-0.15, -0.1) is 0 Å². The molecule has 0 atom stereocenters. The van der Waals surface area contributed by atoms with Crippen molar-refractivity contribution in [1.82, 2.24) is 18.7 Å². The van der Waals surface area contributed by atoms with Gasteiger partial charge in [-0.05, 0) is 48.2 Å². The summed E-state index contributed by atoms with van der Waals surface area (Å²) in [6.45, 7) is 0.593. The Morgan fingerprint density at radius 2 is 1.38 bits per heavy atom. The number of methoxy groups -OCH3 is 2. The van der Waals surface area contributed by atoms with Crippen LogP contribution in [0.1, 0.15) is 43.2 Å². The molecule has 37 heavy (non-hydrogen) atoms. The average molecular weight is 504 g/mol. The molecule has 0 unspecified atom stereocenters. The first kappa shape index (κ1) is 24.7. The SMILES string of the molecule is COc1ccc(Cn2c(=O)c3c(nc(NC4CCCCC4)n3Cc3ccc(OC)cc3)n(C)c2=O)cc1. The molecule has 194 valence electrons. The fourth-order valence-electron chi connectivity index (χ4n) is 5.03. The molecule has 0 saturated heterocycles. The number of anilines is 1. The van der Waals surface area contributed by atoms with Gasteiger partial charge in [0.25, 0.3) is 5.56 Å². The quantitative estimate of drug-likeness (QED) is 0.394. The number of nitrogens with zero attached hydrogens (tertiary/aromatic N) is 4. The maximum atomic E-state index is 13.9. The lowest BCUT2D eigenvalue weighted by Crippen LogP contribution is -2.40. The first-order chi connectivity index (χ1) is 18.0. The summed E-state index contributed by atoms with van der Waals surface area (Å²) in [6.07, 6.45) is 5.71. The standard InChI is InChI=1S/C28H33N5O4/c1-31-25-24(26(34)33(28(31)35)18-20-11-15-23(37-3)16-12-20)32(17-19-9-13-22(36-2)14-10-19)27(30-25)29-21-7-5-4-6-8-21/h9-16,21H,4-8,17-18H2,1-3H3,(H,29,30). The van der Waals surface area contributed by atoms with Crippen molar-refractivity contribution in [2.45, 2.75) is 51.2 Å². The van der Waals surface area contributed by atoms with E-state index < -0.39 is 5.69 Å². The van der Waals surface area contributed by atoms with Gasteiger partial charge in [0, 0.05) is 13.1 Å². The van der Waals surface area contributed by atoms with Gasteiger partial charge in [-0.2, -0.15) is 4.98 Å². The van der Waals surface area contributed by atoms with Crippen molar-refractivity contribution >= 4 is 17.1 Å². The Morgan fingerprint density at radius 3 is 1.92 bits per heavy atom. The molecule has 2 aromatic carbocycles. The summed E-state index contributed by atoms with van der Waals surface area (Å²) >= 11 is 0. The summed E-state index contributed by atoms with van der Waals surface area (Å²) in [5.41, 5.74) is 1.87. The van der Waals surface area contributed by atoms with E-state index in [0.717, 1.165) is 35.5 Å². The van der Waals surface area contributed by atoms with Crippen LogP contribution in [0.5, 0.6) is 11.5 Å². The third-order valence-corrected chi connectivity index (χ3v) is 7.17. The fourth-order valence-corrected chi connectivity index (χ4v) is 5.03. The Morgan fingerprint density at radius 1 is 0.838 bits per heavy atom. The molecule has 1 fully saturated rings. The van der Waals surface area contributed by atoms with Crippen molar-refractivity contribution in [3.05, 3.63) is 80.5 Å². The van der Waals surface area contributed by atoms with E-state index >= 15 is 0 Å². The largest absolute Gasteiger partial charge is 0.497 e. The van der Waals surface area contributed by atoms with Crippen LogP contribution in [0, 0.1) is 0 Å². The van der Waals surface area contributed by atoms with E-state index in [1.54, 1.807) is 21.3 Å². The lowest BCUT2D eigenvalue weighted by molar-refractivity contribution is 0.414. The van der Waals surface area contributed by atoms with Crippen LogP contribution >= 0.6 is 0 Å². The summed E-state index contributed by atoms with van der Waals surface area (Å²) in [7, 11) is 4.91. The molecule has 5 rings (SSSR count). The number of aryl methyl sites for hydroxylation is 1. The minimum absolute atomic E-state index is 0.157. The molecule has 2 heterocycles. The maximum Gasteiger partial charge on any atom is 0.332 e. The van der Waals surface area contributed by atoms with E-state index in [1.807, 2.05) is 53.1 Å². The molecule has 1 saturated carbocycles. The molecular weight excluding hydrogens is 470 g/mol. The second kappa shape index (κ2) is 10.5. The molecule has 1 aliphatic carbocycles. The molecule has 9 nitrogen and oxygen atoms in total. The molecule has 2 aromatic heterocycles. The van der Waals surface area contributed by atoms with Crippen molar-refractivity contribution in [3.63, 3.8) is 0 Å². The Kier molecular flexibility index (Phi) is 7.03. The predicted molar refractivity (Wildman–Crippen MR) is 144 cm³/mol. The molecule has 1 aliphatic rings. The number of nitrogens with one attached hydrogen (secondary N) is 1. The third kappa shape index (κ3) is 4.98. The van der Waals surface area contributed by atoms with Crippen molar-refractivity contribution in [2.24, 2.45) is 7.05 Å². The zero-order valence-electron chi connectivity index (χ0n) is 21.6. The Labute approximate surface area is 215 Å². The number of benzene rings is 2. The van der Waals surface area contributed by atoms with Gasteiger partial charge in [-0.25, -0.2) is 4.79 Å². The van der Waals surface area contributed by atoms with Gasteiger partial charge in [-0.1, -0.05) is 43.5 Å². The Balaban J connectivity index is 1.62. The van der Waals surface area contributed by atoms with Crippen LogP contribution in [-0.4, -0.2) is 38.9 Å². The molecular formula is C28H33N5O4. The van der Waals surface area contributed by atoms with Crippen LogP contribution in [0.15, 0.2) is 58.1 Å². The van der Waals surface area contributed by atoms with Crippen molar-refractivity contribution < 1.29 is 9.47 Å². The minimum atomic E-state index is -0.397. The van der Waals surface area contributed by atoms with E-state index in [9.17, 15) is 9.59 Å². The van der Waals surface area contributed by atoms with Crippen LogP contribution in [0.3, 0.4) is 0 Å². The van der Waals surface area contributed by atoms with Gasteiger partial charge < -0.3 is 14.8 Å². The molecule has 0 bridgehead atoms.